The van der Waals surface area contributed by atoms with Crippen LogP contribution in [0.25, 0.3) is 11.1 Å². The number of halogens is 2. The van der Waals surface area contributed by atoms with Crippen molar-refractivity contribution < 1.29 is 9.13 Å². The lowest BCUT2D eigenvalue weighted by atomic mass is 10.0. The first-order chi connectivity index (χ1) is 9.65. The summed E-state index contributed by atoms with van der Waals surface area (Å²) >= 11 is 6.24. The van der Waals surface area contributed by atoms with E-state index in [0.717, 1.165) is 17.7 Å². The summed E-state index contributed by atoms with van der Waals surface area (Å²) < 4.78 is 19.0. The summed E-state index contributed by atoms with van der Waals surface area (Å²) in [5.41, 5.74) is 2.28. The van der Waals surface area contributed by atoms with E-state index in [1.54, 1.807) is 18.2 Å². The Morgan fingerprint density at radius 3 is 2.60 bits per heavy atom. The maximum Gasteiger partial charge on any atom is 0.134 e. The minimum atomic E-state index is -0.320. The van der Waals surface area contributed by atoms with Gasteiger partial charge in [0, 0.05) is 23.2 Å². The third-order valence-corrected chi connectivity index (χ3v) is 3.46. The van der Waals surface area contributed by atoms with Crippen LogP contribution in [0.3, 0.4) is 0 Å². The van der Waals surface area contributed by atoms with Crippen molar-refractivity contribution in [3.05, 3.63) is 52.8 Å². The van der Waals surface area contributed by atoms with Crippen molar-refractivity contribution in [1.29, 1.82) is 0 Å². The molecular weight excluding hydrogens is 277 g/mol. The zero-order valence-electron chi connectivity index (χ0n) is 11.5. The minimum absolute atomic E-state index is 0.320. The predicted octanol–water partition coefficient (Wildman–Crippen LogP) is 4.26. The minimum Gasteiger partial charge on any atom is -0.497 e. The Bertz CT molecular complexity index is 601. The molecule has 1 N–H and O–H groups in total. The Labute approximate surface area is 123 Å². The lowest BCUT2D eigenvalue weighted by Gasteiger charge is -2.09. The van der Waals surface area contributed by atoms with Gasteiger partial charge in [0.25, 0.3) is 0 Å². The molecule has 2 rings (SSSR count). The van der Waals surface area contributed by atoms with E-state index in [0.29, 0.717) is 22.9 Å². The molecule has 2 aromatic carbocycles. The Morgan fingerprint density at radius 1 is 1.20 bits per heavy atom. The van der Waals surface area contributed by atoms with Gasteiger partial charge in [-0.2, -0.15) is 0 Å². The van der Waals surface area contributed by atoms with Crippen molar-refractivity contribution in [2.24, 2.45) is 0 Å². The Hall–Kier alpha value is -1.58. The third-order valence-electron chi connectivity index (χ3n) is 3.11. The Morgan fingerprint density at radius 2 is 2.00 bits per heavy atom. The van der Waals surface area contributed by atoms with Crippen LogP contribution in [0.15, 0.2) is 36.4 Å². The fourth-order valence-electron chi connectivity index (χ4n) is 1.97. The van der Waals surface area contributed by atoms with Crippen molar-refractivity contribution in [2.45, 2.75) is 13.5 Å². The average molecular weight is 294 g/mol. The van der Waals surface area contributed by atoms with Crippen molar-refractivity contribution in [3.63, 3.8) is 0 Å². The van der Waals surface area contributed by atoms with Crippen LogP contribution in [-0.2, 0) is 6.54 Å². The third kappa shape index (κ3) is 3.30. The summed E-state index contributed by atoms with van der Waals surface area (Å²) in [5, 5.41) is 3.85. The van der Waals surface area contributed by atoms with Gasteiger partial charge in [-0.15, -0.1) is 0 Å². The van der Waals surface area contributed by atoms with Crippen LogP contribution in [0.1, 0.15) is 12.5 Å². The van der Waals surface area contributed by atoms with Crippen molar-refractivity contribution in [1.82, 2.24) is 5.32 Å². The second-order valence-corrected chi connectivity index (χ2v) is 4.84. The van der Waals surface area contributed by atoms with E-state index in [2.05, 4.69) is 5.32 Å². The number of rotatable bonds is 5. The van der Waals surface area contributed by atoms with Gasteiger partial charge < -0.3 is 10.1 Å². The lowest BCUT2D eigenvalue weighted by molar-refractivity contribution is 0.411. The van der Waals surface area contributed by atoms with Gasteiger partial charge in [-0.25, -0.2) is 4.39 Å². The number of hydrogen-bond donors (Lipinski definition) is 1. The first kappa shape index (κ1) is 14.8. The van der Waals surface area contributed by atoms with Crippen LogP contribution in [0.5, 0.6) is 5.75 Å². The predicted molar refractivity (Wildman–Crippen MR) is 80.8 cm³/mol. The molecule has 4 heteroatoms. The Balaban J connectivity index is 2.31. The molecule has 2 nitrogen and oxygen atoms in total. The normalized spacial score (nSPS) is 10.6. The molecule has 2 aromatic rings. The highest BCUT2D eigenvalue weighted by Crippen LogP contribution is 2.29. The highest BCUT2D eigenvalue weighted by atomic mass is 35.5. The zero-order chi connectivity index (χ0) is 14.5. The summed E-state index contributed by atoms with van der Waals surface area (Å²) in [7, 11) is 1.51. The van der Waals surface area contributed by atoms with Crippen molar-refractivity contribution in [3.8, 4) is 16.9 Å². The van der Waals surface area contributed by atoms with E-state index >= 15 is 0 Å². The number of methoxy groups -OCH3 is 1. The quantitative estimate of drug-likeness (QED) is 0.889. The van der Waals surface area contributed by atoms with Crippen molar-refractivity contribution >= 4 is 11.6 Å². The van der Waals surface area contributed by atoms with E-state index in [9.17, 15) is 4.39 Å². The summed E-state index contributed by atoms with van der Waals surface area (Å²) in [5.74, 6) is 0.181. The molecule has 0 fully saturated rings. The lowest BCUT2D eigenvalue weighted by Crippen LogP contribution is -2.11. The van der Waals surface area contributed by atoms with E-state index in [4.69, 9.17) is 16.3 Å². The van der Waals surface area contributed by atoms with E-state index in [1.165, 1.54) is 13.2 Å². The molecule has 0 heterocycles. The van der Waals surface area contributed by atoms with Crippen LogP contribution in [0, 0.1) is 5.82 Å². The van der Waals surface area contributed by atoms with Gasteiger partial charge >= 0.3 is 0 Å². The van der Waals surface area contributed by atoms with Crippen LogP contribution >= 0.6 is 11.6 Å². The van der Waals surface area contributed by atoms with E-state index in [-0.39, 0.29) is 5.82 Å². The molecule has 0 bridgehead atoms. The summed E-state index contributed by atoms with van der Waals surface area (Å²) in [4.78, 5) is 0. The highest BCUT2D eigenvalue weighted by Gasteiger charge is 2.09. The van der Waals surface area contributed by atoms with Crippen LogP contribution < -0.4 is 10.1 Å². The van der Waals surface area contributed by atoms with Gasteiger partial charge in [0.1, 0.15) is 11.6 Å². The maximum absolute atomic E-state index is 14.0. The van der Waals surface area contributed by atoms with E-state index in [1.807, 2.05) is 19.1 Å². The fraction of sp³-hybridized carbons (Fsp3) is 0.250. The molecular formula is C16H17ClFNO. The first-order valence-electron chi connectivity index (χ1n) is 6.48. The molecule has 0 saturated heterocycles. The molecule has 0 aliphatic carbocycles. The molecule has 20 heavy (non-hydrogen) atoms. The summed E-state index contributed by atoms with van der Waals surface area (Å²) in [6, 6.07) is 10.4. The largest absolute Gasteiger partial charge is 0.497 e. The second-order valence-electron chi connectivity index (χ2n) is 4.43. The van der Waals surface area contributed by atoms with Gasteiger partial charge in [-0.3, -0.25) is 0 Å². The average Bonchev–Trinajstić information content (AvgIpc) is 2.46. The second kappa shape index (κ2) is 6.73. The molecule has 0 unspecified atom stereocenters. The zero-order valence-corrected chi connectivity index (χ0v) is 12.3. The van der Waals surface area contributed by atoms with Crippen molar-refractivity contribution in [2.75, 3.05) is 13.7 Å². The van der Waals surface area contributed by atoms with Gasteiger partial charge in [0.2, 0.25) is 0 Å². The molecule has 0 atom stereocenters. The van der Waals surface area contributed by atoms with Crippen LogP contribution in [-0.4, -0.2) is 13.7 Å². The molecule has 0 amide bonds. The van der Waals surface area contributed by atoms with E-state index < -0.39 is 0 Å². The summed E-state index contributed by atoms with van der Waals surface area (Å²) in [6.07, 6.45) is 0. The van der Waals surface area contributed by atoms with Crippen LogP contribution in [0.2, 0.25) is 5.02 Å². The maximum atomic E-state index is 14.0. The van der Waals surface area contributed by atoms with Gasteiger partial charge in [-0.05, 0) is 35.9 Å². The topological polar surface area (TPSA) is 21.3 Å². The molecule has 0 aliphatic heterocycles. The SMILES string of the molecule is CCNCc1ccc(-c2ccc(OC)cc2F)cc1Cl. The Kier molecular flexibility index (Phi) is 4.99. The number of benzene rings is 2. The highest BCUT2D eigenvalue weighted by molar-refractivity contribution is 6.31. The standard InChI is InChI=1S/C16H17ClFNO/c1-3-19-10-12-5-4-11(8-15(12)17)14-7-6-13(20-2)9-16(14)18/h4-9,19H,3,10H2,1-2H3. The first-order valence-corrected chi connectivity index (χ1v) is 6.86. The molecule has 0 radical (unpaired) electrons. The molecule has 0 saturated carbocycles. The van der Waals surface area contributed by atoms with Gasteiger partial charge in [0.05, 0.1) is 7.11 Å². The molecule has 0 aromatic heterocycles. The monoisotopic (exact) mass is 293 g/mol. The van der Waals surface area contributed by atoms with Gasteiger partial charge in [-0.1, -0.05) is 30.7 Å². The summed E-state index contributed by atoms with van der Waals surface area (Å²) in [6.45, 7) is 3.63. The smallest absolute Gasteiger partial charge is 0.134 e. The number of hydrogen-bond acceptors (Lipinski definition) is 2. The number of ether oxygens (including phenoxy) is 1. The molecule has 0 aliphatic rings. The number of nitrogens with one attached hydrogen (secondary N) is 1. The molecule has 106 valence electrons. The van der Waals surface area contributed by atoms with Crippen LogP contribution in [0.4, 0.5) is 4.39 Å². The molecule has 0 spiro atoms. The van der Waals surface area contributed by atoms with Gasteiger partial charge in [0.15, 0.2) is 0 Å². The fourth-order valence-corrected chi connectivity index (χ4v) is 2.22.